The molecule has 3 rings (SSSR count). The maximum absolute atomic E-state index is 12.0. The van der Waals surface area contributed by atoms with Crippen LogP contribution in [0.15, 0.2) is 46.3 Å². The van der Waals surface area contributed by atoms with Crippen molar-refractivity contribution in [3.05, 3.63) is 56.7 Å². The number of hydrogen-bond donors (Lipinski definition) is 2. The number of nitrogens with one attached hydrogen (secondary N) is 2. The predicted molar refractivity (Wildman–Crippen MR) is 96.6 cm³/mol. The Balaban J connectivity index is 1.61. The molecule has 0 atom stereocenters. The van der Waals surface area contributed by atoms with Crippen LogP contribution in [0.1, 0.15) is 28.1 Å². The number of amides is 2. The highest BCUT2D eigenvalue weighted by atomic mass is 79.9. The largest absolute Gasteiger partial charge is 0.349 e. The fraction of sp³-hybridized carbons (Fsp3) is 0.176. The van der Waals surface area contributed by atoms with Gasteiger partial charge in [0.15, 0.2) is 0 Å². The molecule has 1 fully saturated rings. The minimum Gasteiger partial charge on any atom is -0.349 e. The SMILES string of the molecule is O=C(/C=C/c1ccc(Br)s1)Nc1cccc(C(=O)NC2CC2)c1. The number of carbonyl (C=O) groups excluding carboxylic acids is 2. The minimum absolute atomic E-state index is 0.0948. The van der Waals surface area contributed by atoms with Crippen molar-refractivity contribution in [3.8, 4) is 0 Å². The molecule has 2 N–H and O–H groups in total. The van der Waals surface area contributed by atoms with E-state index in [4.69, 9.17) is 0 Å². The van der Waals surface area contributed by atoms with Crippen molar-refractivity contribution >= 4 is 50.8 Å². The van der Waals surface area contributed by atoms with Crippen LogP contribution in [-0.4, -0.2) is 17.9 Å². The summed E-state index contributed by atoms with van der Waals surface area (Å²) in [5.41, 5.74) is 1.16. The summed E-state index contributed by atoms with van der Waals surface area (Å²) in [5, 5.41) is 5.70. The number of thiophene rings is 1. The zero-order valence-corrected chi connectivity index (χ0v) is 14.6. The maximum atomic E-state index is 12.0. The molecular formula is C17H15BrN2O2S. The third kappa shape index (κ3) is 4.77. The lowest BCUT2D eigenvalue weighted by atomic mass is 10.2. The summed E-state index contributed by atoms with van der Waals surface area (Å²) in [7, 11) is 0. The van der Waals surface area contributed by atoms with Crippen molar-refractivity contribution < 1.29 is 9.59 Å². The Hall–Kier alpha value is -1.92. The fourth-order valence-corrected chi connectivity index (χ4v) is 3.32. The number of anilines is 1. The van der Waals surface area contributed by atoms with Gasteiger partial charge in [-0.15, -0.1) is 11.3 Å². The molecule has 0 saturated heterocycles. The highest BCUT2D eigenvalue weighted by molar-refractivity contribution is 9.11. The Morgan fingerprint density at radius 2 is 2.04 bits per heavy atom. The Morgan fingerprint density at radius 1 is 1.22 bits per heavy atom. The lowest BCUT2D eigenvalue weighted by Crippen LogP contribution is -2.25. The van der Waals surface area contributed by atoms with Gasteiger partial charge in [0.1, 0.15) is 0 Å². The molecule has 1 aromatic carbocycles. The molecule has 2 amide bonds. The first-order chi connectivity index (χ1) is 11.1. The topological polar surface area (TPSA) is 58.2 Å². The molecule has 0 radical (unpaired) electrons. The van der Waals surface area contributed by atoms with Gasteiger partial charge in [0.05, 0.1) is 3.79 Å². The van der Waals surface area contributed by atoms with Crippen LogP contribution in [0.4, 0.5) is 5.69 Å². The molecule has 1 aliphatic rings. The average molecular weight is 391 g/mol. The summed E-state index contributed by atoms with van der Waals surface area (Å²) < 4.78 is 1.02. The first-order valence-electron chi connectivity index (χ1n) is 7.25. The van der Waals surface area contributed by atoms with Gasteiger partial charge in [-0.1, -0.05) is 6.07 Å². The van der Waals surface area contributed by atoms with Gasteiger partial charge in [-0.3, -0.25) is 9.59 Å². The number of benzene rings is 1. The molecule has 23 heavy (non-hydrogen) atoms. The summed E-state index contributed by atoms with van der Waals surface area (Å²) in [4.78, 5) is 25.0. The molecule has 1 aromatic heterocycles. The van der Waals surface area contributed by atoms with Crippen molar-refractivity contribution in [2.75, 3.05) is 5.32 Å². The third-order valence-electron chi connectivity index (χ3n) is 3.30. The summed E-state index contributed by atoms with van der Waals surface area (Å²) in [6, 6.07) is 11.1. The zero-order chi connectivity index (χ0) is 16.2. The van der Waals surface area contributed by atoms with Crippen LogP contribution in [0, 0.1) is 0 Å². The van der Waals surface area contributed by atoms with Gasteiger partial charge in [-0.2, -0.15) is 0 Å². The zero-order valence-electron chi connectivity index (χ0n) is 12.2. The predicted octanol–water partition coefficient (Wildman–Crippen LogP) is 4.05. The molecule has 118 valence electrons. The molecule has 0 bridgehead atoms. The molecule has 2 aromatic rings. The van der Waals surface area contributed by atoms with E-state index in [-0.39, 0.29) is 11.8 Å². The number of carbonyl (C=O) groups is 2. The minimum atomic E-state index is -0.228. The van der Waals surface area contributed by atoms with Crippen molar-refractivity contribution in [1.82, 2.24) is 5.32 Å². The third-order valence-corrected chi connectivity index (χ3v) is 4.89. The molecule has 1 heterocycles. The highest BCUT2D eigenvalue weighted by Gasteiger charge is 2.23. The van der Waals surface area contributed by atoms with Crippen molar-refractivity contribution in [2.24, 2.45) is 0 Å². The molecule has 0 unspecified atom stereocenters. The lowest BCUT2D eigenvalue weighted by Gasteiger charge is -2.06. The van der Waals surface area contributed by atoms with Gasteiger partial charge >= 0.3 is 0 Å². The van der Waals surface area contributed by atoms with Crippen LogP contribution < -0.4 is 10.6 Å². The molecule has 0 aliphatic heterocycles. The second-order valence-corrected chi connectivity index (χ2v) is 7.79. The summed E-state index contributed by atoms with van der Waals surface area (Å²) in [6.45, 7) is 0. The van der Waals surface area contributed by atoms with Gasteiger partial charge in [-0.25, -0.2) is 0 Å². The van der Waals surface area contributed by atoms with Gasteiger partial charge < -0.3 is 10.6 Å². The van der Waals surface area contributed by atoms with Crippen molar-refractivity contribution in [1.29, 1.82) is 0 Å². The lowest BCUT2D eigenvalue weighted by molar-refractivity contribution is -0.111. The Kier molecular flexibility index (Phi) is 4.93. The van der Waals surface area contributed by atoms with Crippen molar-refractivity contribution in [2.45, 2.75) is 18.9 Å². The first-order valence-corrected chi connectivity index (χ1v) is 8.86. The van der Waals surface area contributed by atoms with Gasteiger partial charge in [-0.05, 0) is 65.2 Å². The van der Waals surface area contributed by atoms with E-state index in [1.165, 1.54) is 6.08 Å². The number of hydrogen-bond acceptors (Lipinski definition) is 3. The van der Waals surface area contributed by atoms with E-state index >= 15 is 0 Å². The molecular weight excluding hydrogens is 376 g/mol. The smallest absolute Gasteiger partial charge is 0.251 e. The standard InChI is InChI=1S/C17H15BrN2O2S/c18-15-8-6-14(23-15)7-9-16(21)19-13-3-1-2-11(10-13)17(22)20-12-4-5-12/h1-3,6-10,12H,4-5H2,(H,19,21)(H,20,22)/b9-7+. The number of rotatable bonds is 5. The van der Waals surface area contributed by atoms with Gasteiger partial charge in [0.25, 0.3) is 5.91 Å². The van der Waals surface area contributed by atoms with E-state index in [0.29, 0.717) is 17.3 Å². The molecule has 1 aliphatic carbocycles. The monoisotopic (exact) mass is 390 g/mol. The Labute approximate surface area is 146 Å². The summed E-state index contributed by atoms with van der Waals surface area (Å²) >= 11 is 4.93. The second-order valence-electron chi connectivity index (χ2n) is 5.29. The van der Waals surface area contributed by atoms with Crippen LogP contribution in [-0.2, 0) is 4.79 Å². The van der Waals surface area contributed by atoms with E-state index in [1.54, 1.807) is 41.7 Å². The van der Waals surface area contributed by atoms with Crippen LogP contribution >= 0.6 is 27.3 Å². The fourth-order valence-electron chi connectivity index (χ4n) is 1.99. The van der Waals surface area contributed by atoms with E-state index in [1.807, 2.05) is 12.1 Å². The average Bonchev–Trinajstić information content (AvgIpc) is 3.25. The van der Waals surface area contributed by atoms with E-state index in [9.17, 15) is 9.59 Å². The van der Waals surface area contributed by atoms with Gasteiger partial charge in [0.2, 0.25) is 5.91 Å². The maximum Gasteiger partial charge on any atom is 0.251 e. The molecule has 0 spiro atoms. The van der Waals surface area contributed by atoms with Crippen molar-refractivity contribution in [3.63, 3.8) is 0 Å². The van der Waals surface area contributed by atoms with Gasteiger partial charge in [0, 0.05) is 28.2 Å². The van der Waals surface area contributed by atoms with Crippen LogP contribution in [0.5, 0.6) is 0 Å². The van der Waals surface area contributed by atoms with Crippen LogP contribution in [0.2, 0.25) is 0 Å². The van der Waals surface area contributed by atoms with E-state index in [0.717, 1.165) is 21.5 Å². The number of halogens is 1. The molecule has 6 heteroatoms. The summed E-state index contributed by atoms with van der Waals surface area (Å²) in [6.07, 6.45) is 5.33. The quantitative estimate of drug-likeness (QED) is 0.756. The summed E-state index contributed by atoms with van der Waals surface area (Å²) in [5.74, 6) is -0.322. The second kappa shape index (κ2) is 7.10. The molecule has 4 nitrogen and oxygen atoms in total. The van der Waals surface area contributed by atoms with E-state index < -0.39 is 0 Å². The van der Waals surface area contributed by atoms with Crippen LogP contribution in [0.3, 0.4) is 0 Å². The molecule has 1 saturated carbocycles. The normalized spacial score (nSPS) is 14.0. The first kappa shape index (κ1) is 16.0. The Bertz CT molecular complexity index is 765. The highest BCUT2D eigenvalue weighted by Crippen LogP contribution is 2.23. The Morgan fingerprint density at radius 3 is 2.74 bits per heavy atom. The van der Waals surface area contributed by atoms with E-state index in [2.05, 4.69) is 26.6 Å². The van der Waals surface area contributed by atoms with Crippen LogP contribution in [0.25, 0.3) is 6.08 Å².